The minimum absolute atomic E-state index is 0.385. The van der Waals surface area contributed by atoms with Gasteiger partial charge in [-0.2, -0.15) is 0 Å². The van der Waals surface area contributed by atoms with Gasteiger partial charge in [0.25, 0.3) is 0 Å². The molecule has 5 heteroatoms. The van der Waals surface area contributed by atoms with E-state index in [0.717, 1.165) is 37.8 Å². The molecule has 1 aromatic heterocycles. The highest BCUT2D eigenvalue weighted by Gasteiger charge is 2.22. The van der Waals surface area contributed by atoms with Crippen molar-refractivity contribution in [1.29, 1.82) is 0 Å². The van der Waals surface area contributed by atoms with E-state index in [-0.39, 0.29) is 0 Å². The van der Waals surface area contributed by atoms with Gasteiger partial charge >= 0.3 is 0 Å². The van der Waals surface area contributed by atoms with Gasteiger partial charge < -0.3 is 5.73 Å². The molecule has 0 spiro atoms. The lowest BCUT2D eigenvalue weighted by atomic mass is 9.91. The van der Waals surface area contributed by atoms with E-state index in [4.69, 9.17) is 28.9 Å². The average molecular weight is 288 g/mol. The Morgan fingerprint density at radius 3 is 2.61 bits per heavy atom. The summed E-state index contributed by atoms with van der Waals surface area (Å²) in [5, 5.41) is 1.13. The van der Waals surface area contributed by atoms with E-state index in [1.54, 1.807) is 12.3 Å². The standard InChI is InChI=1S/C13H19Cl2N3/c1-18(11-4-2-10(16)3-5-11)8-9-7-17-13(15)6-12(9)14/h6-7,10-11H,2-5,8,16H2,1H3. The molecular weight excluding hydrogens is 269 g/mol. The first kappa shape index (κ1) is 14.1. The van der Waals surface area contributed by atoms with Crippen LogP contribution in [0.15, 0.2) is 12.3 Å². The average Bonchev–Trinajstić information content (AvgIpc) is 2.33. The second-order valence-electron chi connectivity index (χ2n) is 5.08. The fourth-order valence-corrected chi connectivity index (χ4v) is 2.92. The Bertz CT molecular complexity index is 403. The second-order valence-corrected chi connectivity index (χ2v) is 5.88. The van der Waals surface area contributed by atoms with Crippen LogP contribution in [0.2, 0.25) is 10.2 Å². The van der Waals surface area contributed by atoms with Gasteiger partial charge in [0.05, 0.1) is 0 Å². The molecular formula is C13H19Cl2N3. The molecule has 0 atom stereocenters. The molecule has 1 aliphatic rings. The third-order valence-corrected chi connectivity index (χ3v) is 4.24. The normalized spacial score (nSPS) is 24.5. The third-order valence-electron chi connectivity index (χ3n) is 3.68. The van der Waals surface area contributed by atoms with Gasteiger partial charge in [-0.05, 0) is 38.8 Å². The zero-order chi connectivity index (χ0) is 13.1. The van der Waals surface area contributed by atoms with Crippen LogP contribution in [0.1, 0.15) is 31.2 Å². The number of hydrogen-bond donors (Lipinski definition) is 1. The van der Waals surface area contributed by atoms with Crippen LogP contribution in [0.25, 0.3) is 0 Å². The largest absolute Gasteiger partial charge is 0.328 e. The summed E-state index contributed by atoms with van der Waals surface area (Å²) in [4.78, 5) is 6.42. The highest BCUT2D eigenvalue weighted by Crippen LogP contribution is 2.25. The zero-order valence-electron chi connectivity index (χ0n) is 10.6. The summed E-state index contributed by atoms with van der Waals surface area (Å²) in [5.41, 5.74) is 6.95. The van der Waals surface area contributed by atoms with Crippen molar-refractivity contribution in [3.8, 4) is 0 Å². The number of rotatable bonds is 3. The predicted molar refractivity (Wildman–Crippen MR) is 76.0 cm³/mol. The van der Waals surface area contributed by atoms with Gasteiger partial charge in [0.15, 0.2) is 0 Å². The van der Waals surface area contributed by atoms with E-state index in [1.165, 1.54) is 0 Å². The number of aromatic nitrogens is 1. The molecule has 0 aliphatic heterocycles. The molecule has 0 amide bonds. The SMILES string of the molecule is CN(Cc1cnc(Cl)cc1Cl)C1CCC(N)CC1. The minimum Gasteiger partial charge on any atom is -0.328 e. The number of pyridine rings is 1. The molecule has 2 N–H and O–H groups in total. The fraction of sp³-hybridized carbons (Fsp3) is 0.615. The maximum atomic E-state index is 6.16. The molecule has 1 fully saturated rings. The van der Waals surface area contributed by atoms with Crippen LogP contribution in [-0.4, -0.2) is 29.0 Å². The topological polar surface area (TPSA) is 42.2 Å². The van der Waals surface area contributed by atoms with E-state index in [1.807, 2.05) is 0 Å². The molecule has 0 unspecified atom stereocenters. The molecule has 0 radical (unpaired) electrons. The van der Waals surface area contributed by atoms with Crippen LogP contribution >= 0.6 is 23.2 Å². The summed E-state index contributed by atoms with van der Waals surface area (Å²) in [6, 6.07) is 2.68. The molecule has 0 aromatic carbocycles. The summed E-state index contributed by atoms with van der Waals surface area (Å²) in [7, 11) is 2.13. The van der Waals surface area contributed by atoms with Crippen molar-refractivity contribution < 1.29 is 0 Å². The van der Waals surface area contributed by atoms with Crippen LogP contribution in [0.5, 0.6) is 0 Å². The molecule has 18 heavy (non-hydrogen) atoms. The second kappa shape index (κ2) is 6.20. The summed E-state index contributed by atoms with van der Waals surface area (Å²) in [5.74, 6) is 0. The molecule has 0 saturated heterocycles. The first-order valence-electron chi connectivity index (χ1n) is 6.32. The van der Waals surface area contributed by atoms with Crippen LogP contribution in [0, 0.1) is 0 Å². The highest BCUT2D eigenvalue weighted by atomic mass is 35.5. The molecule has 1 aliphatic carbocycles. The zero-order valence-corrected chi connectivity index (χ0v) is 12.1. The Balaban J connectivity index is 1.96. The van der Waals surface area contributed by atoms with E-state index in [2.05, 4.69) is 16.9 Å². The maximum Gasteiger partial charge on any atom is 0.130 e. The number of nitrogens with two attached hydrogens (primary N) is 1. The van der Waals surface area contributed by atoms with Crippen molar-refractivity contribution in [3.05, 3.63) is 28.0 Å². The Morgan fingerprint density at radius 1 is 1.33 bits per heavy atom. The van der Waals surface area contributed by atoms with Gasteiger partial charge in [-0.1, -0.05) is 23.2 Å². The molecule has 2 rings (SSSR count). The molecule has 0 bridgehead atoms. The number of hydrogen-bond acceptors (Lipinski definition) is 3. The van der Waals surface area contributed by atoms with Crippen molar-refractivity contribution in [2.75, 3.05) is 7.05 Å². The highest BCUT2D eigenvalue weighted by molar-refractivity contribution is 6.34. The molecule has 3 nitrogen and oxygen atoms in total. The maximum absolute atomic E-state index is 6.16. The quantitative estimate of drug-likeness (QED) is 0.869. The summed E-state index contributed by atoms with van der Waals surface area (Å²) in [6.45, 7) is 0.808. The van der Waals surface area contributed by atoms with Crippen LogP contribution < -0.4 is 5.73 Å². The van der Waals surface area contributed by atoms with Crippen molar-refractivity contribution in [2.45, 2.75) is 44.3 Å². The van der Waals surface area contributed by atoms with E-state index >= 15 is 0 Å². The van der Waals surface area contributed by atoms with Gasteiger partial charge in [0.1, 0.15) is 5.15 Å². The van der Waals surface area contributed by atoms with Crippen LogP contribution in [0.3, 0.4) is 0 Å². The van der Waals surface area contributed by atoms with Gasteiger partial charge in [0.2, 0.25) is 0 Å². The Morgan fingerprint density at radius 2 is 2.00 bits per heavy atom. The van der Waals surface area contributed by atoms with Crippen molar-refractivity contribution >= 4 is 23.2 Å². The summed E-state index contributed by atoms with van der Waals surface area (Å²) in [6.07, 6.45) is 6.31. The van der Waals surface area contributed by atoms with E-state index < -0.39 is 0 Å². The lowest BCUT2D eigenvalue weighted by Gasteiger charge is -2.33. The number of nitrogens with zero attached hydrogens (tertiary/aromatic N) is 2. The van der Waals surface area contributed by atoms with Gasteiger partial charge in [-0.3, -0.25) is 4.90 Å². The van der Waals surface area contributed by atoms with E-state index in [0.29, 0.717) is 22.3 Å². The van der Waals surface area contributed by atoms with Crippen molar-refractivity contribution in [2.24, 2.45) is 5.73 Å². The Kier molecular flexibility index (Phi) is 4.84. The molecule has 100 valence electrons. The van der Waals surface area contributed by atoms with E-state index in [9.17, 15) is 0 Å². The first-order valence-corrected chi connectivity index (χ1v) is 7.07. The lowest BCUT2D eigenvalue weighted by molar-refractivity contribution is 0.176. The molecule has 1 heterocycles. The van der Waals surface area contributed by atoms with Crippen LogP contribution in [-0.2, 0) is 6.54 Å². The molecule has 1 saturated carbocycles. The van der Waals surface area contributed by atoms with Gasteiger partial charge in [0, 0.05) is 35.4 Å². The summed E-state index contributed by atoms with van der Waals surface area (Å²) < 4.78 is 0. The fourth-order valence-electron chi connectivity index (χ4n) is 2.49. The molecule has 1 aromatic rings. The first-order chi connectivity index (χ1) is 8.56. The Labute approximate surface area is 118 Å². The third kappa shape index (κ3) is 3.58. The number of halogens is 2. The Hall–Kier alpha value is -0.350. The predicted octanol–water partition coefficient (Wildman–Crippen LogP) is 3.09. The van der Waals surface area contributed by atoms with Crippen molar-refractivity contribution in [1.82, 2.24) is 9.88 Å². The van der Waals surface area contributed by atoms with Gasteiger partial charge in [-0.15, -0.1) is 0 Å². The minimum atomic E-state index is 0.385. The van der Waals surface area contributed by atoms with Crippen LogP contribution in [0.4, 0.5) is 0 Å². The smallest absolute Gasteiger partial charge is 0.130 e. The lowest BCUT2D eigenvalue weighted by Crippen LogP contribution is -2.38. The monoisotopic (exact) mass is 287 g/mol. The van der Waals surface area contributed by atoms with Crippen molar-refractivity contribution in [3.63, 3.8) is 0 Å². The summed E-state index contributed by atoms with van der Waals surface area (Å²) >= 11 is 12.0. The van der Waals surface area contributed by atoms with Gasteiger partial charge in [-0.25, -0.2) is 4.98 Å².